The fraction of sp³-hybridized carbons (Fsp3) is 1.00. The van der Waals surface area contributed by atoms with Crippen LogP contribution in [-0.4, -0.2) is 42.7 Å². The van der Waals surface area contributed by atoms with Gasteiger partial charge in [-0.15, -0.1) is 0 Å². The van der Waals surface area contributed by atoms with Gasteiger partial charge in [0.2, 0.25) is 0 Å². The van der Waals surface area contributed by atoms with Crippen molar-refractivity contribution < 1.29 is 67.1 Å². The number of quaternary nitrogens is 1. The van der Waals surface area contributed by atoms with E-state index in [1.54, 1.807) is 0 Å². The molecule has 0 bridgehead atoms. The van der Waals surface area contributed by atoms with Gasteiger partial charge in [0.05, 0.1) is 27.2 Å². The van der Waals surface area contributed by atoms with Crippen molar-refractivity contribution >= 4 is 21.4 Å². The number of hydrogen-bond donors (Lipinski definition) is 0. The van der Waals surface area contributed by atoms with E-state index in [0.717, 1.165) is 0 Å². The summed E-state index contributed by atoms with van der Waals surface area (Å²) in [6.45, 7) is 7.24. The normalized spacial score (nSPS) is 11.9. The van der Waals surface area contributed by atoms with Crippen LogP contribution in [0.15, 0.2) is 0 Å². The molecule has 0 rings (SSSR count). The maximum Gasteiger partial charge on any atom is 3.00 e. The zero-order chi connectivity index (χ0) is 22.3. The third-order valence-corrected chi connectivity index (χ3v) is 3.83. The van der Waals surface area contributed by atoms with Crippen molar-refractivity contribution in [2.45, 2.75) is 63.4 Å². The molecule has 1 radical (unpaired) electrons. The zero-order valence-corrected chi connectivity index (χ0v) is 19.5. The van der Waals surface area contributed by atoms with Crippen LogP contribution in [-0.2, 0) is 57.7 Å². The Morgan fingerprint density at radius 3 is 1.21 bits per heavy atom. The van der Waals surface area contributed by atoms with E-state index in [4.69, 9.17) is 16.8 Å². The third-order valence-electron chi connectivity index (χ3n) is 3.07. The average Bonchev–Trinajstić information content (AvgIpc) is 2.46. The van der Waals surface area contributed by atoms with Crippen molar-refractivity contribution in [3.63, 3.8) is 0 Å². The summed E-state index contributed by atoms with van der Waals surface area (Å²) >= 11 is 0. The minimum absolute atomic E-state index is 0. The number of halogens is 6. The molecule has 0 unspecified atom stereocenters. The maximum absolute atomic E-state index is 10.6. The molecule has 28 heavy (non-hydrogen) atoms. The fourth-order valence-corrected chi connectivity index (χ4v) is 1.86. The molecule has 14 heteroatoms. The third kappa shape index (κ3) is 28.3. The molecule has 0 amide bonds. The van der Waals surface area contributed by atoms with Gasteiger partial charge in [0.25, 0.3) is 0 Å². The van der Waals surface area contributed by atoms with Gasteiger partial charge >= 0.3 is 30.5 Å². The molecule has 0 aromatic heterocycles. The Bertz CT molecular complexity index is 473. The van der Waals surface area contributed by atoms with E-state index in [-0.39, 0.29) is 19.5 Å². The standard InChI is InChI=1S/C12H28N.2CF3O2S.Ru/c1-5-7-8-9-10-12-13(3,4)11-6-2;2*2-1(3,4)7(5)6;/h5-12H2,1-4H3;;;/q+1;2*-1;+3. The minimum Gasteiger partial charge on any atom is -0.416 e. The van der Waals surface area contributed by atoms with Gasteiger partial charge in [0, 0.05) is 21.4 Å². The summed E-state index contributed by atoms with van der Waals surface area (Å²) in [5.74, 6) is 0. The van der Waals surface area contributed by atoms with Crippen LogP contribution >= 0.6 is 0 Å². The first-order chi connectivity index (χ1) is 12.0. The van der Waals surface area contributed by atoms with E-state index in [0.29, 0.717) is 0 Å². The number of nitrogens with zero attached hydrogens (tertiary/aromatic N) is 1. The smallest absolute Gasteiger partial charge is 0.416 e. The molecule has 0 spiro atoms. The van der Waals surface area contributed by atoms with Crippen molar-refractivity contribution in [1.29, 1.82) is 0 Å². The van der Waals surface area contributed by atoms with Crippen molar-refractivity contribution in [3.05, 3.63) is 0 Å². The Labute approximate surface area is 179 Å². The van der Waals surface area contributed by atoms with Crippen LogP contribution in [0.2, 0.25) is 0 Å². The van der Waals surface area contributed by atoms with E-state index in [1.165, 1.54) is 56.1 Å². The van der Waals surface area contributed by atoms with Gasteiger partial charge in [-0.3, -0.25) is 0 Å². The van der Waals surface area contributed by atoms with Crippen LogP contribution in [0.5, 0.6) is 0 Å². The van der Waals surface area contributed by atoms with Crippen LogP contribution in [0.3, 0.4) is 0 Å². The molecule has 0 N–H and O–H groups in total. The first-order valence-electron chi connectivity index (χ1n) is 8.15. The molecule has 0 heterocycles. The fourth-order valence-electron chi connectivity index (χ4n) is 1.86. The van der Waals surface area contributed by atoms with E-state index >= 15 is 0 Å². The van der Waals surface area contributed by atoms with Gasteiger partial charge in [0.15, 0.2) is 0 Å². The molecule has 0 aliphatic carbocycles. The number of unbranched alkanes of at least 4 members (excludes halogenated alkanes) is 4. The van der Waals surface area contributed by atoms with Crippen molar-refractivity contribution in [2.24, 2.45) is 0 Å². The van der Waals surface area contributed by atoms with Gasteiger partial charge in [-0.05, 0) is 19.3 Å². The summed E-state index contributed by atoms with van der Waals surface area (Å²) in [6, 6.07) is 0. The van der Waals surface area contributed by atoms with Crippen LogP contribution in [0.1, 0.15) is 52.4 Å². The van der Waals surface area contributed by atoms with Crippen LogP contribution in [0, 0.1) is 0 Å². The zero-order valence-electron chi connectivity index (χ0n) is 16.2. The molecule has 0 saturated heterocycles. The molecule has 0 aliphatic rings. The molecule has 0 saturated carbocycles. The first kappa shape index (κ1) is 35.5. The molecule has 0 fully saturated rings. The molecule has 0 aromatic carbocycles. The van der Waals surface area contributed by atoms with E-state index in [2.05, 4.69) is 27.9 Å². The predicted octanol–water partition coefficient (Wildman–Crippen LogP) is 5.07. The van der Waals surface area contributed by atoms with Crippen molar-refractivity contribution in [1.82, 2.24) is 0 Å². The minimum atomic E-state index is -5.08. The van der Waals surface area contributed by atoms with E-state index in [9.17, 15) is 26.3 Å². The van der Waals surface area contributed by atoms with Gasteiger partial charge < -0.3 is 21.3 Å². The second-order valence-electron chi connectivity index (χ2n) is 6.16. The Balaban J connectivity index is -0.000000165. The van der Waals surface area contributed by atoms with Crippen LogP contribution < -0.4 is 0 Å². The first-order valence-corrected chi connectivity index (χ1v) is 10.3. The largest absolute Gasteiger partial charge is 3.00 e. The van der Waals surface area contributed by atoms with E-state index in [1.807, 2.05) is 0 Å². The summed E-state index contributed by atoms with van der Waals surface area (Å²) in [6.07, 6.45) is 8.35. The Morgan fingerprint density at radius 2 is 0.964 bits per heavy atom. The molecule has 0 aliphatic heterocycles. The molecular weight excluding hydrogens is 525 g/mol. The van der Waals surface area contributed by atoms with Gasteiger partial charge in [0.1, 0.15) is 0 Å². The summed E-state index contributed by atoms with van der Waals surface area (Å²) in [5, 5.41) is 0. The molecular formula is C14H28F6NO4RuS2+2. The summed E-state index contributed by atoms with van der Waals surface area (Å²) in [4.78, 5) is 0. The second-order valence-corrected chi connectivity index (χ2v) is 8.02. The van der Waals surface area contributed by atoms with Crippen LogP contribution in [0.4, 0.5) is 26.3 Å². The molecule has 0 aromatic rings. The van der Waals surface area contributed by atoms with Crippen LogP contribution in [0.25, 0.3) is 0 Å². The second kappa shape index (κ2) is 17.9. The van der Waals surface area contributed by atoms with E-state index < -0.39 is 32.4 Å². The Hall–Kier alpha value is 0.0634. The summed E-state index contributed by atoms with van der Waals surface area (Å²) < 4.78 is 100. The van der Waals surface area contributed by atoms with Gasteiger partial charge in [-0.2, -0.15) is 26.3 Å². The summed E-state index contributed by atoms with van der Waals surface area (Å²) in [7, 11) is -3.16. The number of hydrogen-bond acceptors (Lipinski definition) is 6. The quantitative estimate of drug-likeness (QED) is 0.138. The predicted molar refractivity (Wildman–Crippen MR) is 90.5 cm³/mol. The number of alkyl halides is 6. The maximum atomic E-state index is 10.6. The Morgan fingerprint density at radius 1 is 0.643 bits per heavy atom. The Kier molecular flexibility index (Phi) is 22.7. The number of rotatable bonds is 8. The SMILES string of the molecule is CCCCCCC[N+](C)(C)CCC.O=[S-](=O)C(F)(F)F.O=[S-](=O)C(F)(F)F.[Ru+3]. The molecule has 5 nitrogen and oxygen atoms in total. The average molecular weight is 554 g/mol. The van der Waals surface area contributed by atoms with Crippen molar-refractivity contribution in [2.75, 3.05) is 27.2 Å². The van der Waals surface area contributed by atoms with Crippen molar-refractivity contribution in [3.8, 4) is 0 Å². The summed E-state index contributed by atoms with van der Waals surface area (Å²) in [5.41, 5.74) is -10.2. The van der Waals surface area contributed by atoms with Gasteiger partial charge in [-0.1, -0.05) is 33.1 Å². The molecule has 0 atom stereocenters. The van der Waals surface area contributed by atoms with Gasteiger partial charge in [-0.25, -0.2) is 0 Å². The topological polar surface area (TPSA) is 68.3 Å². The monoisotopic (exact) mass is 554 g/mol. The molecule has 173 valence electrons.